The van der Waals surface area contributed by atoms with Crippen LogP contribution >= 0.6 is 0 Å². The summed E-state index contributed by atoms with van der Waals surface area (Å²) in [7, 11) is 0. The molecule has 2 rings (SSSR count). The lowest BCUT2D eigenvalue weighted by atomic mass is 9.76. The average Bonchev–Trinajstić information content (AvgIpc) is 2.04. The van der Waals surface area contributed by atoms with Crippen molar-refractivity contribution in [3.63, 3.8) is 0 Å². The molecule has 1 aromatic carbocycles. The fourth-order valence-corrected chi connectivity index (χ4v) is 2.13. The van der Waals surface area contributed by atoms with Gasteiger partial charge in [0.2, 0.25) is 5.91 Å². The van der Waals surface area contributed by atoms with Crippen molar-refractivity contribution in [2.24, 2.45) is 5.73 Å². The second kappa shape index (κ2) is 3.45. The van der Waals surface area contributed by atoms with Crippen LogP contribution in [-0.4, -0.2) is 5.91 Å². The maximum absolute atomic E-state index is 11.2. The number of nitrogens with two attached hydrogens (primary N) is 1. The summed E-state index contributed by atoms with van der Waals surface area (Å²) in [5.74, 6) is 0.272. The van der Waals surface area contributed by atoms with Gasteiger partial charge in [0.05, 0.1) is 0 Å². The zero-order valence-electron chi connectivity index (χ0n) is 8.42. The van der Waals surface area contributed by atoms with Crippen molar-refractivity contribution in [2.45, 2.75) is 32.1 Å². The van der Waals surface area contributed by atoms with E-state index in [2.05, 4.69) is 13.0 Å². The summed E-state index contributed by atoms with van der Waals surface area (Å²) in [6.07, 6.45) is 3.67. The molecule has 0 atom stereocenters. The van der Waals surface area contributed by atoms with E-state index >= 15 is 0 Å². The van der Waals surface area contributed by atoms with Crippen molar-refractivity contribution >= 4 is 5.91 Å². The van der Waals surface area contributed by atoms with Crippen LogP contribution in [0.15, 0.2) is 18.2 Å². The number of primary amides is 1. The molecule has 0 radical (unpaired) electrons. The van der Waals surface area contributed by atoms with Gasteiger partial charge >= 0.3 is 0 Å². The van der Waals surface area contributed by atoms with Gasteiger partial charge in [-0.25, -0.2) is 0 Å². The monoisotopic (exact) mass is 189 g/mol. The molecule has 0 heterocycles. The molecule has 2 heteroatoms. The molecule has 0 aromatic heterocycles. The van der Waals surface area contributed by atoms with E-state index in [1.54, 1.807) is 0 Å². The fraction of sp³-hybridized carbons (Fsp3) is 0.417. The van der Waals surface area contributed by atoms with E-state index < -0.39 is 0 Å². The van der Waals surface area contributed by atoms with Crippen molar-refractivity contribution in [1.82, 2.24) is 0 Å². The molecule has 1 aromatic rings. The summed E-state index contributed by atoms with van der Waals surface area (Å²) < 4.78 is 0. The Morgan fingerprint density at radius 1 is 1.43 bits per heavy atom. The molecule has 0 unspecified atom stereocenters. The molecule has 1 fully saturated rings. The summed E-state index contributed by atoms with van der Waals surface area (Å²) in [4.78, 5) is 11.2. The lowest BCUT2D eigenvalue weighted by molar-refractivity contribution is 0.0998. The van der Waals surface area contributed by atoms with E-state index in [1.807, 2.05) is 12.1 Å². The lowest BCUT2D eigenvalue weighted by Crippen LogP contribution is -2.19. The van der Waals surface area contributed by atoms with Crippen molar-refractivity contribution < 1.29 is 4.79 Å². The highest BCUT2D eigenvalue weighted by Crippen LogP contribution is 2.39. The smallest absolute Gasteiger partial charge is 0.248 e. The van der Waals surface area contributed by atoms with E-state index in [0.717, 1.165) is 5.56 Å². The summed E-state index contributed by atoms with van der Waals surface area (Å²) in [5.41, 5.74) is 8.46. The topological polar surface area (TPSA) is 43.1 Å². The van der Waals surface area contributed by atoms with Gasteiger partial charge in [-0.1, -0.05) is 18.6 Å². The molecule has 0 spiro atoms. The number of benzene rings is 1. The maximum Gasteiger partial charge on any atom is 0.248 e. The van der Waals surface area contributed by atoms with Crippen LogP contribution in [0.2, 0.25) is 0 Å². The molecule has 0 saturated heterocycles. The second-order valence-electron chi connectivity index (χ2n) is 4.03. The van der Waals surface area contributed by atoms with E-state index in [4.69, 9.17) is 5.73 Å². The molecule has 14 heavy (non-hydrogen) atoms. The van der Waals surface area contributed by atoms with Crippen LogP contribution in [0.1, 0.15) is 46.7 Å². The number of hydrogen-bond acceptors (Lipinski definition) is 1. The third-order valence-electron chi connectivity index (χ3n) is 3.10. The summed E-state index contributed by atoms with van der Waals surface area (Å²) in [6.45, 7) is 2.06. The first-order valence-electron chi connectivity index (χ1n) is 5.09. The van der Waals surface area contributed by atoms with Gasteiger partial charge in [-0.15, -0.1) is 0 Å². The SMILES string of the molecule is Cc1cccc(C(N)=O)c1C1CCC1. The van der Waals surface area contributed by atoms with Gasteiger partial charge in [0.15, 0.2) is 0 Å². The molecule has 1 aliphatic rings. The predicted molar refractivity (Wildman–Crippen MR) is 56.3 cm³/mol. The Hall–Kier alpha value is -1.31. The number of hydrogen-bond donors (Lipinski definition) is 1. The quantitative estimate of drug-likeness (QED) is 0.762. The van der Waals surface area contributed by atoms with E-state index in [9.17, 15) is 4.79 Å². The molecule has 0 bridgehead atoms. The van der Waals surface area contributed by atoms with Gasteiger partial charge in [-0.3, -0.25) is 4.79 Å². The van der Waals surface area contributed by atoms with E-state index in [-0.39, 0.29) is 5.91 Å². The Balaban J connectivity index is 2.47. The summed E-state index contributed by atoms with van der Waals surface area (Å²) in [5, 5.41) is 0. The summed E-state index contributed by atoms with van der Waals surface area (Å²) >= 11 is 0. The number of amides is 1. The Bertz CT molecular complexity index is 367. The maximum atomic E-state index is 11.2. The van der Waals surface area contributed by atoms with Gasteiger partial charge < -0.3 is 5.73 Å². The Morgan fingerprint density at radius 2 is 2.14 bits per heavy atom. The largest absolute Gasteiger partial charge is 0.366 e. The van der Waals surface area contributed by atoms with Crippen molar-refractivity contribution in [3.05, 3.63) is 34.9 Å². The summed E-state index contributed by atoms with van der Waals surface area (Å²) in [6, 6.07) is 5.79. The first kappa shape index (κ1) is 9.25. The molecular formula is C12H15NO. The molecule has 1 amide bonds. The first-order valence-corrected chi connectivity index (χ1v) is 5.09. The zero-order chi connectivity index (χ0) is 10.1. The molecule has 74 valence electrons. The number of carbonyl (C=O) groups excluding carboxylic acids is 1. The molecule has 0 aliphatic heterocycles. The fourth-order valence-electron chi connectivity index (χ4n) is 2.13. The van der Waals surface area contributed by atoms with E-state index in [0.29, 0.717) is 5.92 Å². The van der Waals surface area contributed by atoms with Gasteiger partial charge in [0, 0.05) is 5.56 Å². The number of carbonyl (C=O) groups is 1. The minimum absolute atomic E-state index is 0.296. The number of aryl methyl sites for hydroxylation is 1. The van der Waals surface area contributed by atoms with Gasteiger partial charge in [-0.05, 0) is 42.9 Å². The molecular weight excluding hydrogens is 174 g/mol. The highest BCUT2D eigenvalue weighted by Gasteiger charge is 2.24. The lowest BCUT2D eigenvalue weighted by Gasteiger charge is -2.28. The van der Waals surface area contributed by atoms with Crippen LogP contribution in [0.5, 0.6) is 0 Å². The Kier molecular flexibility index (Phi) is 2.28. The van der Waals surface area contributed by atoms with Crippen LogP contribution in [0.4, 0.5) is 0 Å². The first-order chi connectivity index (χ1) is 6.70. The minimum Gasteiger partial charge on any atom is -0.366 e. The molecule has 2 nitrogen and oxygen atoms in total. The number of rotatable bonds is 2. The predicted octanol–water partition coefficient (Wildman–Crippen LogP) is 2.36. The second-order valence-corrected chi connectivity index (χ2v) is 4.03. The van der Waals surface area contributed by atoms with Crippen molar-refractivity contribution in [1.29, 1.82) is 0 Å². The molecule has 1 saturated carbocycles. The molecule has 1 aliphatic carbocycles. The van der Waals surface area contributed by atoms with Crippen molar-refractivity contribution in [2.75, 3.05) is 0 Å². The van der Waals surface area contributed by atoms with Crippen LogP contribution in [0, 0.1) is 6.92 Å². The van der Waals surface area contributed by atoms with Crippen LogP contribution in [0.3, 0.4) is 0 Å². The van der Waals surface area contributed by atoms with Crippen molar-refractivity contribution in [3.8, 4) is 0 Å². The van der Waals surface area contributed by atoms with Gasteiger partial charge in [0.25, 0.3) is 0 Å². The normalized spacial score (nSPS) is 16.4. The standard InChI is InChI=1S/C12H15NO/c1-8-4-2-7-10(12(13)14)11(8)9-5-3-6-9/h2,4,7,9H,3,5-6H2,1H3,(H2,13,14). The highest BCUT2D eigenvalue weighted by molar-refractivity contribution is 5.94. The van der Waals surface area contributed by atoms with Crippen LogP contribution in [-0.2, 0) is 0 Å². The zero-order valence-corrected chi connectivity index (χ0v) is 8.42. The Labute approximate surface area is 84.1 Å². The van der Waals surface area contributed by atoms with E-state index in [1.165, 1.54) is 30.4 Å². The van der Waals surface area contributed by atoms with Gasteiger partial charge in [0.1, 0.15) is 0 Å². The van der Waals surface area contributed by atoms with Gasteiger partial charge in [-0.2, -0.15) is 0 Å². The minimum atomic E-state index is -0.296. The Morgan fingerprint density at radius 3 is 2.64 bits per heavy atom. The van der Waals surface area contributed by atoms with Crippen LogP contribution in [0.25, 0.3) is 0 Å². The van der Waals surface area contributed by atoms with Crippen LogP contribution < -0.4 is 5.73 Å². The molecule has 2 N–H and O–H groups in total. The third kappa shape index (κ3) is 1.41. The third-order valence-corrected chi connectivity index (χ3v) is 3.10. The highest BCUT2D eigenvalue weighted by atomic mass is 16.1. The average molecular weight is 189 g/mol.